The molecule has 0 heterocycles. The summed E-state index contributed by atoms with van der Waals surface area (Å²) in [4.78, 5) is 11.5. The van der Waals surface area contributed by atoms with Crippen LogP contribution in [0.25, 0.3) is 0 Å². The van der Waals surface area contributed by atoms with Crippen molar-refractivity contribution in [3.05, 3.63) is 34.6 Å². The number of nitrogens with one attached hydrogen (secondary N) is 1. The molecule has 0 spiro atoms. The Morgan fingerprint density at radius 1 is 1.50 bits per heavy atom. The van der Waals surface area contributed by atoms with Crippen LogP contribution in [0.5, 0.6) is 0 Å². The predicted molar refractivity (Wildman–Crippen MR) is 63.3 cm³/mol. The number of hydrogen-bond donors (Lipinski definition) is 1. The van der Waals surface area contributed by atoms with Gasteiger partial charge in [-0.05, 0) is 12.1 Å². The lowest BCUT2D eigenvalue weighted by molar-refractivity contribution is -0.117. The highest BCUT2D eigenvalue weighted by molar-refractivity contribution is 6.31. The topological polar surface area (TPSA) is 29.1 Å². The second kappa shape index (κ2) is 5.97. The number of benzene rings is 1. The molecule has 0 saturated heterocycles. The minimum absolute atomic E-state index is 0.0330. The number of ketones is 1. The Morgan fingerprint density at radius 3 is 2.75 bits per heavy atom. The third-order valence-electron chi connectivity index (χ3n) is 2.14. The van der Waals surface area contributed by atoms with E-state index in [1.54, 1.807) is 6.07 Å². The zero-order valence-electron chi connectivity index (χ0n) is 9.39. The highest BCUT2D eigenvalue weighted by Crippen LogP contribution is 2.19. The van der Waals surface area contributed by atoms with Gasteiger partial charge in [0.2, 0.25) is 0 Å². The Morgan fingerprint density at radius 2 is 2.19 bits per heavy atom. The molecule has 0 aliphatic carbocycles. The lowest BCUT2D eigenvalue weighted by atomic mass is 10.1. The first-order valence-electron chi connectivity index (χ1n) is 5.18. The van der Waals surface area contributed by atoms with E-state index < -0.39 is 5.82 Å². The van der Waals surface area contributed by atoms with Gasteiger partial charge in [-0.15, -0.1) is 0 Å². The molecule has 0 atom stereocenters. The van der Waals surface area contributed by atoms with Crippen molar-refractivity contribution in [3.8, 4) is 0 Å². The van der Waals surface area contributed by atoms with Crippen molar-refractivity contribution in [2.24, 2.45) is 0 Å². The number of halogens is 2. The number of carbonyl (C=O) groups excluding carboxylic acids is 1. The number of rotatable bonds is 5. The van der Waals surface area contributed by atoms with Gasteiger partial charge in [-0.1, -0.05) is 31.5 Å². The van der Waals surface area contributed by atoms with Crippen LogP contribution in [0.2, 0.25) is 5.02 Å². The molecular weight excluding hydrogens is 229 g/mol. The lowest BCUT2D eigenvalue weighted by Gasteiger charge is -2.08. The van der Waals surface area contributed by atoms with Crippen LogP contribution in [-0.4, -0.2) is 18.4 Å². The molecule has 0 aliphatic heterocycles. The van der Waals surface area contributed by atoms with E-state index in [0.29, 0.717) is 5.02 Å². The molecule has 1 aromatic carbocycles. The van der Waals surface area contributed by atoms with Crippen LogP contribution in [0, 0.1) is 5.82 Å². The molecule has 1 rings (SSSR count). The van der Waals surface area contributed by atoms with E-state index in [1.807, 2.05) is 13.8 Å². The maximum absolute atomic E-state index is 13.4. The molecule has 0 bridgehead atoms. The van der Waals surface area contributed by atoms with Crippen molar-refractivity contribution in [2.45, 2.75) is 26.3 Å². The van der Waals surface area contributed by atoms with Gasteiger partial charge >= 0.3 is 0 Å². The highest BCUT2D eigenvalue weighted by atomic mass is 35.5. The van der Waals surface area contributed by atoms with E-state index in [-0.39, 0.29) is 30.4 Å². The van der Waals surface area contributed by atoms with E-state index in [1.165, 1.54) is 12.1 Å². The monoisotopic (exact) mass is 243 g/mol. The van der Waals surface area contributed by atoms with E-state index in [9.17, 15) is 9.18 Å². The molecule has 0 amide bonds. The quantitative estimate of drug-likeness (QED) is 0.861. The fourth-order valence-electron chi connectivity index (χ4n) is 1.28. The molecule has 0 unspecified atom stereocenters. The molecule has 2 nitrogen and oxygen atoms in total. The highest BCUT2D eigenvalue weighted by Gasteiger charge is 2.11. The Balaban J connectivity index is 2.63. The van der Waals surface area contributed by atoms with Gasteiger partial charge in [-0.25, -0.2) is 4.39 Å². The van der Waals surface area contributed by atoms with Crippen LogP contribution in [-0.2, 0) is 11.2 Å². The standard InChI is InChI=1S/C12H15ClFNO/c1-8(2)15-7-9(16)6-10-11(13)4-3-5-12(10)14/h3-5,8,15H,6-7H2,1-2H3. The van der Waals surface area contributed by atoms with Crippen molar-refractivity contribution < 1.29 is 9.18 Å². The molecule has 16 heavy (non-hydrogen) atoms. The average molecular weight is 244 g/mol. The van der Waals surface area contributed by atoms with Gasteiger partial charge in [0.1, 0.15) is 5.82 Å². The molecule has 1 N–H and O–H groups in total. The first-order chi connectivity index (χ1) is 7.50. The minimum Gasteiger partial charge on any atom is -0.308 e. The summed E-state index contributed by atoms with van der Waals surface area (Å²) in [5.41, 5.74) is 0.278. The zero-order valence-corrected chi connectivity index (χ0v) is 10.1. The van der Waals surface area contributed by atoms with Gasteiger partial charge in [0.15, 0.2) is 5.78 Å². The number of Topliss-reactive ketones (excluding diaryl/α,β-unsaturated/α-hetero) is 1. The second-order valence-corrected chi connectivity index (χ2v) is 4.36. The first kappa shape index (κ1) is 13.1. The van der Waals surface area contributed by atoms with Crippen LogP contribution in [0.15, 0.2) is 18.2 Å². The van der Waals surface area contributed by atoms with E-state index >= 15 is 0 Å². The molecule has 0 radical (unpaired) electrons. The average Bonchev–Trinajstić information content (AvgIpc) is 2.21. The summed E-state index contributed by atoms with van der Waals surface area (Å²) < 4.78 is 13.4. The smallest absolute Gasteiger partial charge is 0.151 e. The van der Waals surface area contributed by atoms with E-state index in [0.717, 1.165) is 0 Å². The third kappa shape index (κ3) is 3.91. The van der Waals surface area contributed by atoms with Crippen molar-refractivity contribution in [1.29, 1.82) is 0 Å². The third-order valence-corrected chi connectivity index (χ3v) is 2.50. The predicted octanol–water partition coefficient (Wildman–Crippen LogP) is 2.59. The summed E-state index contributed by atoms with van der Waals surface area (Å²) in [6, 6.07) is 4.66. The Kier molecular flexibility index (Phi) is 4.90. The van der Waals surface area contributed by atoms with Crippen molar-refractivity contribution in [2.75, 3.05) is 6.54 Å². The summed E-state index contributed by atoms with van der Waals surface area (Å²) >= 11 is 5.82. The fraction of sp³-hybridized carbons (Fsp3) is 0.417. The van der Waals surface area contributed by atoms with E-state index in [4.69, 9.17) is 11.6 Å². The van der Waals surface area contributed by atoms with Gasteiger partial charge in [-0.2, -0.15) is 0 Å². The number of carbonyl (C=O) groups is 1. The van der Waals surface area contributed by atoms with Gasteiger partial charge in [-0.3, -0.25) is 4.79 Å². The lowest BCUT2D eigenvalue weighted by Crippen LogP contribution is -2.30. The number of hydrogen-bond acceptors (Lipinski definition) is 2. The van der Waals surface area contributed by atoms with Crippen LogP contribution in [0.3, 0.4) is 0 Å². The Hall–Kier alpha value is -0.930. The largest absolute Gasteiger partial charge is 0.308 e. The maximum atomic E-state index is 13.4. The molecule has 4 heteroatoms. The van der Waals surface area contributed by atoms with Crippen LogP contribution in [0.4, 0.5) is 4.39 Å². The van der Waals surface area contributed by atoms with Gasteiger partial charge in [0.25, 0.3) is 0 Å². The molecule has 0 aliphatic rings. The fourth-order valence-corrected chi connectivity index (χ4v) is 1.51. The Bertz CT molecular complexity index is 359. The molecule has 1 aromatic rings. The summed E-state index contributed by atoms with van der Waals surface area (Å²) in [6.45, 7) is 4.13. The van der Waals surface area contributed by atoms with Crippen LogP contribution >= 0.6 is 11.6 Å². The summed E-state index contributed by atoms with van der Waals surface area (Å²) in [5.74, 6) is -0.494. The van der Waals surface area contributed by atoms with Crippen LogP contribution < -0.4 is 5.32 Å². The molecule has 0 saturated carbocycles. The van der Waals surface area contributed by atoms with Crippen molar-refractivity contribution >= 4 is 17.4 Å². The molecule has 0 fully saturated rings. The second-order valence-electron chi connectivity index (χ2n) is 3.95. The first-order valence-corrected chi connectivity index (χ1v) is 5.56. The molecular formula is C12H15ClFNO. The van der Waals surface area contributed by atoms with Crippen molar-refractivity contribution in [1.82, 2.24) is 5.32 Å². The Labute approximate surface area is 99.8 Å². The summed E-state index contributed by atoms with van der Waals surface area (Å²) in [7, 11) is 0. The van der Waals surface area contributed by atoms with E-state index in [2.05, 4.69) is 5.32 Å². The van der Waals surface area contributed by atoms with Gasteiger partial charge in [0, 0.05) is 23.0 Å². The summed E-state index contributed by atoms with van der Waals surface area (Å²) in [6.07, 6.45) is 0.0330. The summed E-state index contributed by atoms with van der Waals surface area (Å²) in [5, 5.41) is 3.29. The van der Waals surface area contributed by atoms with Crippen molar-refractivity contribution in [3.63, 3.8) is 0 Å². The molecule has 88 valence electrons. The normalized spacial score (nSPS) is 10.8. The van der Waals surface area contributed by atoms with Gasteiger partial charge in [0.05, 0.1) is 6.54 Å². The molecule has 0 aromatic heterocycles. The zero-order chi connectivity index (χ0) is 12.1. The van der Waals surface area contributed by atoms with Gasteiger partial charge < -0.3 is 5.32 Å². The minimum atomic E-state index is -0.426. The van der Waals surface area contributed by atoms with Crippen LogP contribution in [0.1, 0.15) is 19.4 Å². The maximum Gasteiger partial charge on any atom is 0.151 e. The SMILES string of the molecule is CC(C)NCC(=O)Cc1c(F)cccc1Cl.